The Balaban J connectivity index is 1.95. The van der Waals surface area contributed by atoms with Gasteiger partial charge in [0.15, 0.2) is 0 Å². The minimum atomic E-state index is -0.434. The van der Waals surface area contributed by atoms with Crippen molar-refractivity contribution in [2.24, 2.45) is 0 Å². The number of nitrogens with one attached hydrogen (secondary N) is 1. The molecule has 2 amide bonds. The quantitative estimate of drug-likeness (QED) is 0.932. The molecule has 2 heterocycles. The third-order valence-electron chi connectivity index (χ3n) is 4.55. The number of amides is 2. The molecule has 2 aliphatic rings. The first kappa shape index (κ1) is 15.4. The van der Waals surface area contributed by atoms with E-state index in [9.17, 15) is 9.59 Å². The third-order valence-corrected chi connectivity index (χ3v) is 6.08. The topological polar surface area (TPSA) is 49.4 Å². The Bertz CT molecular complexity index is 629. The maximum atomic E-state index is 12.8. The van der Waals surface area contributed by atoms with Crippen LogP contribution in [0.25, 0.3) is 0 Å². The van der Waals surface area contributed by atoms with Gasteiger partial charge in [-0.3, -0.25) is 9.59 Å². The van der Waals surface area contributed by atoms with Crippen molar-refractivity contribution >= 4 is 23.6 Å². The molecule has 3 unspecified atom stereocenters. The number of thioether (sulfide) groups is 1. The second-order valence-corrected chi connectivity index (χ2v) is 8.33. The van der Waals surface area contributed by atoms with E-state index < -0.39 is 6.04 Å². The summed E-state index contributed by atoms with van der Waals surface area (Å²) < 4.78 is -0.300. The van der Waals surface area contributed by atoms with Gasteiger partial charge in [0.05, 0.1) is 0 Å². The number of benzene rings is 1. The summed E-state index contributed by atoms with van der Waals surface area (Å²) in [7, 11) is 0. The molecule has 0 aliphatic carbocycles. The molecule has 1 saturated heterocycles. The van der Waals surface area contributed by atoms with Crippen LogP contribution in [0, 0.1) is 0 Å². The summed E-state index contributed by atoms with van der Waals surface area (Å²) in [5.41, 5.74) is 1.77. The van der Waals surface area contributed by atoms with Gasteiger partial charge in [0.1, 0.15) is 11.4 Å². The average molecular weight is 318 g/mol. The molecule has 22 heavy (non-hydrogen) atoms. The molecule has 1 N–H and O–H groups in total. The van der Waals surface area contributed by atoms with Crippen LogP contribution in [0.5, 0.6) is 0 Å². The van der Waals surface area contributed by atoms with E-state index in [1.165, 1.54) is 0 Å². The number of fused-ring (bicyclic) bond motifs is 3. The van der Waals surface area contributed by atoms with Gasteiger partial charge in [-0.15, -0.1) is 11.8 Å². The Morgan fingerprint density at radius 2 is 2.09 bits per heavy atom. The first-order valence-electron chi connectivity index (χ1n) is 7.76. The van der Waals surface area contributed by atoms with Crippen LogP contribution in [0.4, 0.5) is 0 Å². The predicted octanol–water partition coefficient (Wildman–Crippen LogP) is 2.95. The highest BCUT2D eigenvalue weighted by Gasteiger charge is 2.57. The Labute approximate surface area is 135 Å². The summed E-state index contributed by atoms with van der Waals surface area (Å²) in [4.78, 5) is 27.3. The van der Waals surface area contributed by atoms with Gasteiger partial charge in [-0.05, 0) is 38.8 Å². The van der Waals surface area contributed by atoms with Gasteiger partial charge in [0.2, 0.25) is 5.91 Å². The van der Waals surface area contributed by atoms with Gasteiger partial charge in [-0.25, -0.2) is 0 Å². The maximum absolute atomic E-state index is 12.8. The van der Waals surface area contributed by atoms with Gasteiger partial charge < -0.3 is 10.2 Å². The SMILES string of the molecule is CCC(C)NC(=O)C1N2C(=O)c3ccccc3C2SC1(C)C. The molecule has 0 spiro atoms. The molecule has 3 atom stereocenters. The van der Waals surface area contributed by atoms with Gasteiger partial charge >= 0.3 is 0 Å². The molecule has 4 nitrogen and oxygen atoms in total. The van der Waals surface area contributed by atoms with Crippen molar-refractivity contribution < 1.29 is 9.59 Å². The van der Waals surface area contributed by atoms with Crippen LogP contribution in [0.1, 0.15) is 55.4 Å². The minimum Gasteiger partial charge on any atom is -0.352 e. The fraction of sp³-hybridized carbons (Fsp3) is 0.529. The van der Waals surface area contributed by atoms with E-state index in [0.717, 1.165) is 17.5 Å². The van der Waals surface area contributed by atoms with Crippen LogP contribution >= 0.6 is 11.8 Å². The van der Waals surface area contributed by atoms with Crippen molar-refractivity contribution in [1.82, 2.24) is 10.2 Å². The van der Waals surface area contributed by atoms with Crippen molar-refractivity contribution in [3.63, 3.8) is 0 Å². The molecule has 5 heteroatoms. The van der Waals surface area contributed by atoms with E-state index in [1.54, 1.807) is 16.7 Å². The van der Waals surface area contributed by atoms with Crippen LogP contribution in [-0.4, -0.2) is 33.5 Å². The van der Waals surface area contributed by atoms with E-state index in [1.807, 2.05) is 52.0 Å². The molecular formula is C17H22N2O2S. The van der Waals surface area contributed by atoms with E-state index >= 15 is 0 Å². The normalized spacial score (nSPS) is 26.5. The Kier molecular flexibility index (Phi) is 3.71. The molecule has 118 valence electrons. The third kappa shape index (κ3) is 2.22. The van der Waals surface area contributed by atoms with Crippen molar-refractivity contribution in [1.29, 1.82) is 0 Å². The van der Waals surface area contributed by atoms with Crippen LogP contribution in [0.15, 0.2) is 24.3 Å². The van der Waals surface area contributed by atoms with Crippen LogP contribution in [0.3, 0.4) is 0 Å². The Hall–Kier alpha value is -1.49. The highest BCUT2D eigenvalue weighted by Crippen LogP contribution is 2.56. The van der Waals surface area contributed by atoms with E-state index in [0.29, 0.717) is 0 Å². The van der Waals surface area contributed by atoms with Crippen molar-refractivity contribution in [3.05, 3.63) is 35.4 Å². The average Bonchev–Trinajstić information content (AvgIpc) is 2.90. The number of hydrogen-bond donors (Lipinski definition) is 1. The molecule has 0 bridgehead atoms. The van der Waals surface area contributed by atoms with Gasteiger partial charge in [0, 0.05) is 16.4 Å². The van der Waals surface area contributed by atoms with Crippen LogP contribution in [0.2, 0.25) is 0 Å². The number of rotatable bonds is 3. The lowest BCUT2D eigenvalue weighted by atomic mass is 10.00. The van der Waals surface area contributed by atoms with Gasteiger partial charge in [0.25, 0.3) is 5.91 Å². The number of carbonyl (C=O) groups is 2. The first-order valence-corrected chi connectivity index (χ1v) is 8.64. The first-order chi connectivity index (χ1) is 10.4. The zero-order valence-corrected chi connectivity index (χ0v) is 14.2. The fourth-order valence-electron chi connectivity index (χ4n) is 3.23. The maximum Gasteiger partial charge on any atom is 0.256 e. The van der Waals surface area contributed by atoms with E-state index in [2.05, 4.69) is 5.32 Å². The summed E-state index contributed by atoms with van der Waals surface area (Å²) in [6.07, 6.45) is 0.879. The van der Waals surface area contributed by atoms with Crippen LogP contribution in [-0.2, 0) is 4.79 Å². The largest absolute Gasteiger partial charge is 0.352 e. The molecule has 3 rings (SSSR count). The number of nitrogens with zero attached hydrogens (tertiary/aromatic N) is 1. The number of carbonyl (C=O) groups excluding carboxylic acids is 2. The van der Waals surface area contributed by atoms with E-state index in [4.69, 9.17) is 0 Å². The lowest BCUT2D eigenvalue weighted by molar-refractivity contribution is -0.126. The second kappa shape index (κ2) is 5.30. The minimum absolute atomic E-state index is 0.0250. The second-order valence-electron chi connectivity index (χ2n) is 6.59. The fourth-order valence-corrected chi connectivity index (χ4v) is 4.82. The van der Waals surface area contributed by atoms with Crippen LogP contribution < -0.4 is 5.32 Å². The zero-order chi connectivity index (χ0) is 16.1. The molecule has 2 aliphatic heterocycles. The van der Waals surface area contributed by atoms with E-state index in [-0.39, 0.29) is 28.0 Å². The number of hydrogen-bond acceptors (Lipinski definition) is 3. The summed E-state index contributed by atoms with van der Waals surface area (Å²) in [6.45, 7) is 8.13. The Morgan fingerprint density at radius 3 is 2.77 bits per heavy atom. The summed E-state index contributed by atoms with van der Waals surface area (Å²) in [6, 6.07) is 7.37. The standard InChI is InChI=1S/C17H22N2O2S/c1-5-10(2)18-14(20)13-17(3,4)22-16-12-9-7-6-8-11(12)15(21)19(13)16/h6-10,13,16H,5H2,1-4H3,(H,18,20). The van der Waals surface area contributed by atoms with Gasteiger partial charge in [-0.2, -0.15) is 0 Å². The molecule has 0 saturated carbocycles. The zero-order valence-electron chi connectivity index (χ0n) is 13.4. The lowest BCUT2D eigenvalue weighted by Crippen LogP contribution is -2.54. The molecular weight excluding hydrogens is 296 g/mol. The monoisotopic (exact) mass is 318 g/mol. The molecule has 0 radical (unpaired) electrons. The van der Waals surface area contributed by atoms with Crippen molar-refractivity contribution in [2.45, 2.75) is 56.3 Å². The molecule has 1 aromatic carbocycles. The highest BCUT2D eigenvalue weighted by molar-refractivity contribution is 8.01. The lowest BCUT2D eigenvalue weighted by Gasteiger charge is -2.30. The predicted molar refractivity (Wildman–Crippen MR) is 88.7 cm³/mol. The summed E-state index contributed by atoms with van der Waals surface area (Å²) in [5, 5.41) is 2.99. The highest BCUT2D eigenvalue weighted by atomic mass is 32.2. The molecule has 1 fully saturated rings. The molecule has 1 aromatic rings. The summed E-state index contributed by atoms with van der Waals surface area (Å²) >= 11 is 1.70. The summed E-state index contributed by atoms with van der Waals surface area (Å²) in [5.74, 6) is -0.0708. The smallest absolute Gasteiger partial charge is 0.256 e. The molecule has 0 aromatic heterocycles. The van der Waals surface area contributed by atoms with Gasteiger partial charge in [-0.1, -0.05) is 25.1 Å². The van der Waals surface area contributed by atoms with Crippen molar-refractivity contribution in [3.8, 4) is 0 Å². The Morgan fingerprint density at radius 1 is 1.41 bits per heavy atom. The van der Waals surface area contributed by atoms with Crippen molar-refractivity contribution in [2.75, 3.05) is 0 Å².